The fourth-order valence-corrected chi connectivity index (χ4v) is 5.94. The molecule has 0 saturated heterocycles. The highest BCUT2D eigenvalue weighted by Crippen LogP contribution is 2.41. The quantitative estimate of drug-likeness (QED) is 0.209. The van der Waals surface area contributed by atoms with Crippen LogP contribution in [0.15, 0.2) is 73.1 Å². The zero-order valence-corrected chi connectivity index (χ0v) is 25.6. The molecule has 0 bridgehead atoms. The molecule has 7 nitrogen and oxygen atoms in total. The molecule has 3 aromatic carbocycles. The first-order chi connectivity index (χ1) is 19.9. The molecule has 0 aliphatic rings. The standard InChI is InChI=1S/C29H21ClN4O2S.C4H10O/c1-16-11-24-28(27(22(16)14-26(35)36)17-5-7-21(30)8-6-17)37-29(33-24)19-9-10-31-23(12-19)18-3-4-20-15-32-34(2)25(20)13-18;1-4(2,3)5/h3-13,15H,14H2,1-2H3,(H,35,36);5H,1-3H3. The highest BCUT2D eigenvalue weighted by Gasteiger charge is 2.20. The summed E-state index contributed by atoms with van der Waals surface area (Å²) in [5, 5.41) is 25.0. The van der Waals surface area contributed by atoms with Crippen molar-refractivity contribution in [2.24, 2.45) is 7.05 Å². The van der Waals surface area contributed by atoms with Crippen LogP contribution in [0, 0.1) is 6.92 Å². The predicted octanol–water partition coefficient (Wildman–Crippen LogP) is 7.95. The van der Waals surface area contributed by atoms with Crippen molar-refractivity contribution in [1.82, 2.24) is 19.7 Å². The number of benzene rings is 3. The number of thiazole rings is 1. The summed E-state index contributed by atoms with van der Waals surface area (Å²) in [5.41, 5.74) is 7.69. The van der Waals surface area contributed by atoms with Crippen LogP contribution in [0.2, 0.25) is 5.02 Å². The van der Waals surface area contributed by atoms with Crippen LogP contribution in [0.1, 0.15) is 31.9 Å². The summed E-state index contributed by atoms with van der Waals surface area (Å²) >= 11 is 7.70. The SMILES string of the molecule is CC(C)(C)O.Cc1cc2nc(-c3ccnc(-c4ccc5cnn(C)c5c4)c3)sc2c(-c2ccc(Cl)cc2)c1CC(=O)O. The van der Waals surface area contributed by atoms with E-state index < -0.39 is 11.6 Å². The number of aromatic nitrogens is 4. The predicted molar refractivity (Wildman–Crippen MR) is 171 cm³/mol. The lowest BCUT2D eigenvalue weighted by atomic mass is 9.93. The second-order valence-corrected chi connectivity index (χ2v) is 12.6. The number of aliphatic carboxylic acids is 1. The molecular weight excluding hydrogens is 568 g/mol. The maximum Gasteiger partial charge on any atom is 0.307 e. The molecule has 42 heavy (non-hydrogen) atoms. The summed E-state index contributed by atoms with van der Waals surface area (Å²) in [4.78, 5) is 21.3. The molecule has 3 aromatic heterocycles. The van der Waals surface area contributed by atoms with Crippen LogP contribution in [0.5, 0.6) is 0 Å². The number of pyridine rings is 1. The first-order valence-corrected chi connectivity index (χ1v) is 14.6. The Morgan fingerprint density at radius 2 is 1.69 bits per heavy atom. The number of rotatable bonds is 5. The van der Waals surface area contributed by atoms with Crippen molar-refractivity contribution in [3.63, 3.8) is 0 Å². The Morgan fingerprint density at radius 3 is 2.38 bits per heavy atom. The van der Waals surface area contributed by atoms with Crippen LogP contribution in [0.4, 0.5) is 0 Å². The minimum absolute atomic E-state index is 0.0666. The molecule has 0 amide bonds. The second kappa shape index (κ2) is 11.6. The van der Waals surface area contributed by atoms with Crippen molar-refractivity contribution in [2.75, 3.05) is 0 Å². The molecule has 0 spiro atoms. The van der Waals surface area contributed by atoms with Gasteiger partial charge in [0.15, 0.2) is 0 Å². The Morgan fingerprint density at radius 1 is 1.00 bits per heavy atom. The molecule has 3 heterocycles. The van der Waals surface area contributed by atoms with Gasteiger partial charge in [0.1, 0.15) is 5.01 Å². The average molecular weight is 599 g/mol. The van der Waals surface area contributed by atoms with Crippen molar-refractivity contribution in [1.29, 1.82) is 0 Å². The Kier molecular flexibility index (Phi) is 8.14. The van der Waals surface area contributed by atoms with Crippen molar-refractivity contribution < 1.29 is 15.0 Å². The van der Waals surface area contributed by atoms with E-state index in [4.69, 9.17) is 21.7 Å². The van der Waals surface area contributed by atoms with Crippen LogP contribution in [-0.4, -0.2) is 41.5 Å². The molecule has 9 heteroatoms. The second-order valence-electron chi connectivity index (χ2n) is 11.1. The third kappa shape index (κ3) is 6.51. The number of hydrogen-bond acceptors (Lipinski definition) is 6. The van der Waals surface area contributed by atoms with E-state index in [1.54, 1.807) is 38.3 Å². The minimum atomic E-state index is -0.869. The van der Waals surface area contributed by atoms with Gasteiger partial charge in [-0.25, -0.2) is 4.98 Å². The third-order valence-electron chi connectivity index (χ3n) is 6.52. The van der Waals surface area contributed by atoms with Gasteiger partial charge < -0.3 is 10.2 Å². The lowest BCUT2D eigenvalue weighted by Gasteiger charge is -2.13. The first kappa shape index (κ1) is 29.4. The van der Waals surface area contributed by atoms with E-state index in [1.807, 2.05) is 67.3 Å². The van der Waals surface area contributed by atoms with E-state index in [0.717, 1.165) is 65.2 Å². The van der Waals surface area contributed by atoms with Gasteiger partial charge in [-0.1, -0.05) is 35.9 Å². The maximum atomic E-state index is 11.7. The number of halogens is 1. The highest BCUT2D eigenvalue weighted by atomic mass is 35.5. The number of aliphatic hydroxyl groups is 1. The lowest BCUT2D eigenvalue weighted by molar-refractivity contribution is -0.136. The van der Waals surface area contributed by atoms with Gasteiger partial charge in [-0.05, 0) is 80.8 Å². The molecule has 0 radical (unpaired) electrons. The molecule has 6 aromatic rings. The van der Waals surface area contributed by atoms with Crippen molar-refractivity contribution in [3.05, 3.63) is 89.2 Å². The van der Waals surface area contributed by atoms with E-state index in [9.17, 15) is 9.90 Å². The number of carboxylic acids is 1. The van der Waals surface area contributed by atoms with Crippen molar-refractivity contribution in [3.8, 4) is 33.0 Å². The van der Waals surface area contributed by atoms with Crippen molar-refractivity contribution >= 4 is 50.0 Å². The van der Waals surface area contributed by atoms with Gasteiger partial charge in [0.05, 0.1) is 39.6 Å². The number of carboxylic acid groups (broad SMARTS) is 1. The summed E-state index contributed by atoms with van der Waals surface area (Å²) in [6.45, 7) is 7.17. The summed E-state index contributed by atoms with van der Waals surface area (Å²) in [7, 11) is 1.93. The first-order valence-electron chi connectivity index (χ1n) is 13.4. The van der Waals surface area contributed by atoms with E-state index in [0.29, 0.717) is 5.02 Å². The fourth-order valence-electron chi connectivity index (χ4n) is 4.68. The molecule has 0 aliphatic heterocycles. The summed E-state index contributed by atoms with van der Waals surface area (Å²) in [5.74, 6) is -0.869. The zero-order valence-electron chi connectivity index (χ0n) is 24.0. The Bertz CT molecular complexity index is 1910. The molecule has 0 fully saturated rings. The van der Waals surface area contributed by atoms with Crippen LogP contribution >= 0.6 is 22.9 Å². The number of aryl methyl sites for hydroxylation is 2. The third-order valence-corrected chi connectivity index (χ3v) is 7.91. The van der Waals surface area contributed by atoms with Gasteiger partial charge in [0.25, 0.3) is 0 Å². The van der Waals surface area contributed by atoms with Crippen LogP contribution in [0.3, 0.4) is 0 Å². The largest absolute Gasteiger partial charge is 0.481 e. The highest BCUT2D eigenvalue weighted by molar-refractivity contribution is 7.22. The van der Waals surface area contributed by atoms with Crippen molar-refractivity contribution in [2.45, 2.75) is 39.7 Å². The fraction of sp³-hybridized carbons (Fsp3) is 0.212. The van der Waals surface area contributed by atoms with E-state index in [2.05, 4.69) is 28.3 Å². The van der Waals surface area contributed by atoms with E-state index in [1.165, 1.54) is 0 Å². The molecule has 0 aliphatic carbocycles. The maximum absolute atomic E-state index is 11.7. The Balaban J connectivity index is 0.000000652. The van der Waals surface area contributed by atoms with Gasteiger partial charge in [-0.2, -0.15) is 5.10 Å². The molecule has 0 atom stereocenters. The van der Waals surface area contributed by atoms with E-state index >= 15 is 0 Å². The zero-order chi connectivity index (χ0) is 30.2. The monoisotopic (exact) mass is 598 g/mol. The minimum Gasteiger partial charge on any atom is -0.481 e. The van der Waals surface area contributed by atoms with Crippen LogP contribution in [-0.2, 0) is 18.3 Å². The summed E-state index contributed by atoms with van der Waals surface area (Å²) in [6.07, 6.45) is 3.58. The van der Waals surface area contributed by atoms with Gasteiger partial charge in [0.2, 0.25) is 0 Å². The molecule has 0 saturated carbocycles. The van der Waals surface area contributed by atoms with E-state index in [-0.39, 0.29) is 6.42 Å². The smallest absolute Gasteiger partial charge is 0.307 e. The Labute approximate surface area is 253 Å². The van der Waals surface area contributed by atoms with Crippen LogP contribution in [0.25, 0.3) is 54.1 Å². The number of fused-ring (bicyclic) bond motifs is 2. The van der Waals surface area contributed by atoms with Gasteiger partial charge in [-0.15, -0.1) is 11.3 Å². The molecule has 214 valence electrons. The topological polar surface area (TPSA) is 101 Å². The van der Waals surface area contributed by atoms with Gasteiger partial charge >= 0.3 is 5.97 Å². The molecule has 0 unspecified atom stereocenters. The normalized spacial score (nSPS) is 11.5. The molecular formula is C33H31ClN4O3S. The van der Waals surface area contributed by atoms with Crippen LogP contribution < -0.4 is 0 Å². The van der Waals surface area contributed by atoms with Gasteiger partial charge in [-0.3, -0.25) is 14.5 Å². The average Bonchev–Trinajstić information content (AvgIpc) is 3.52. The summed E-state index contributed by atoms with van der Waals surface area (Å²) < 4.78 is 2.81. The number of carbonyl (C=O) groups is 1. The Hall–Kier alpha value is -4.11. The summed E-state index contributed by atoms with van der Waals surface area (Å²) in [6, 6.07) is 19.7. The van der Waals surface area contributed by atoms with Gasteiger partial charge in [0, 0.05) is 40.3 Å². The molecule has 6 rings (SSSR count). The lowest BCUT2D eigenvalue weighted by Crippen LogP contribution is -2.10. The number of nitrogens with zero attached hydrogens (tertiary/aromatic N) is 4. The molecule has 2 N–H and O–H groups in total. The number of hydrogen-bond donors (Lipinski definition) is 2.